The molecule has 0 radical (unpaired) electrons. The maximum absolute atomic E-state index is 12.9. The minimum Gasteiger partial charge on any atom is -0.469 e. The van der Waals surface area contributed by atoms with Gasteiger partial charge in [0.15, 0.2) is 10.9 Å². The van der Waals surface area contributed by atoms with E-state index in [1.807, 2.05) is 24.5 Å². The molecular formula is C20H26N4O3S. The molecule has 2 aromatic rings. The van der Waals surface area contributed by atoms with Gasteiger partial charge in [-0.1, -0.05) is 11.8 Å². The van der Waals surface area contributed by atoms with Crippen molar-refractivity contribution in [1.82, 2.24) is 19.3 Å². The number of aromatic nitrogens is 4. The van der Waals surface area contributed by atoms with Crippen LogP contribution in [0.15, 0.2) is 11.2 Å². The van der Waals surface area contributed by atoms with Gasteiger partial charge in [-0.15, -0.1) is 10.2 Å². The Balaban J connectivity index is 1.44. The molecule has 0 bridgehead atoms. The number of Topliss-reactive ketones (excluding diaryl/α,β-unsaturated/α-hetero) is 1. The van der Waals surface area contributed by atoms with Crippen molar-refractivity contribution in [3.8, 4) is 0 Å². The molecule has 8 heteroatoms. The molecule has 2 saturated carbocycles. The molecule has 2 aliphatic carbocycles. The highest BCUT2D eigenvalue weighted by Gasteiger charge is 2.36. The minimum atomic E-state index is -0.248. The normalized spacial score (nSPS) is 16.4. The van der Waals surface area contributed by atoms with Gasteiger partial charge in [0.25, 0.3) is 0 Å². The third kappa shape index (κ3) is 3.87. The van der Waals surface area contributed by atoms with E-state index in [2.05, 4.69) is 14.8 Å². The average molecular weight is 403 g/mol. The fourth-order valence-corrected chi connectivity index (χ4v) is 4.52. The molecule has 150 valence electrons. The lowest BCUT2D eigenvalue weighted by molar-refractivity contribution is -0.140. The van der Waals surface area contributed by atoms with Gasteiger partial charge in [0.2, 0.25) is 0 Å². The van der Waals surface area contributed by atoms with E-state index in [0.717, 1.165) is 27.9 Å². The van der Waals surface area contributed by atoms with Crippen molar-refractivity contribution in [3.05, 3.63) is 28.8 Å². The molecule has 0 spiro atoms. The summed E-state index contributed by atoms with van der Waals surface area (Å²) < 4.78 is 8.99. The Morgan fingerprint density at radius 1 is 1.21 bits per heavy atom. The lowest BCUT2D eigenvalue weighted by Gasteiger charge is -2.09. The fraction of sp³-hybridized carbons (Fsp3) is 0.600. The number of ketones is 1. The summed E-state index contributed by atoms with van der Waals surface area (Å²) >= 11 is 1.49. The molecule has 0 saturated heterocycles. The molecule has 0 aromatic carbocycles. The molecule has 28 heavy (non-hydrogen) atoms. The van der Waals surface area contributed by atoms with Crippen LogP contribution in [0.4, 0.5) is 0 Å². The van der Waals surface area contributed by atoms with Crippen molar-refractivity contribution in [1.29, 1.82) is 0 Å². The number of carbonyl (C=O) groups is 2. The van der Waals surface area contributed by atoms with Gasteiger partial charge in [0.05, 0.1) is 19.3 Å². The summed E-state index contributed by atoms with van der Waals surface area (Å²) in [4.78, 5) is 24.3. The zero-order chi connectivity index (χ0) is 19.8. The predicted octanol–water partition coefficient (Wildman–Crippen LogP) is 3.45. The molecule has 0 aliphatic heterocycles. The van der Waals surface area contributed by atoms with Crippen LogP contribution in [0.3, 0.4) is 0 Å². The van der Waals surface area contributed by atoms with Crippen LogP contribution in [0, 0.1) is 13.8 Å². The van der Waals surface area contributed by atoms with E-state index in [1.54, 1.807) is 0 Å². The average Bonchev–Trinajstić information content (AvgIpc) is 3.62. The number of thioether (sulfide) groups is 1. The van der Waals surface area contributed by atoms with Gasteiger partial charge in [-0.2, -0.15) is 0 Å². The second kappa shape index (κ2) is 7.73. The summed E-state index contributed by atoms with van der Waals surface area (Å²) in [6.07, 6.45) is 5.06. The number of hydrogen-bond donors (Lipinski definition) is 0. The summed E-state index contributed by atoms with van der Waals surface area (Å²) in [5.74, 6) is 1.85. The third-order valence-corrected chi connectivity index (χ3v) is 6.46. The molecule has 0 N–H and O–H groups in total. The topological polar surface area (TPSA) is 79.0 Å². The zero-order valence-electron chi connectivity index (χ0n) is 16.6. The minimum absolute atomic E-state index is 0.0840. The van der Waals surface area contributed by atoms with E-state index in [4.69, 9.17) is 4.74 Å². The summed E-state index contributed by atoms with van der Waals surface area (Å²) in [6, 6.07) is 2.43. The Bertz CT molecular complexity index is 909. The molecule has 2 aromatic heterocycles. The Kier molecular flexibility index (Phi) is 5.31. The monoisotopic (exact) mass is 402 g/mol. The van der Waals surface area contributed by atoms with Crippen LogP contribution in [0.25, 0.3) is 0 Å². The first-order chi connectivity index (χ1) is 13.5. The van der Waals surface area contributed by atoms with Crippen LogP contribution in [-0.2, 0) is 16.1 Å². The lowest BCUT2D eigenvalue weighted by atomic mass is 10.2. The molecule has 2 fully saturated rings. The van der Waals surface area contributed by atoms with Crippen LogP contribution in [-0.4, -0.2) is 43.9 Å². The molecule has 0 amide bonds. The van der Waals surface area contributed by atoms with Crippen LogP contribution in [0.2, 0.25) is 0 Å². The van der Waals surface area contributed by atoms with Gasteiger partial charge >= 0.3 is 5.97 Å². The number of rotatable bonds is 9. The number of nitrogens with zero attached hydrogens (tertiary/aromatic N) is 4. The highest BCUT2D eigenvalue weighted by molar-refractivity contribution is 7.99. The van der Waals surface area contributed by atoms with Crippen molar-refractivity contribution < 1.29 is 14.3 Å². The quantitative estimate of drug-likeness (QED) is 0.363. The highest BCUT2D eigenvalue weighted by atomic mass is 32.2. The molecule has 0 atom stereocenters. The second-order valence-corrected chi connectivity index (χ2v) is 8.63. The molecule has 0 unspecified atom stereocenters. The molecule has 2 aliphatic rings. The zero-order valence-corrected chi connectivity index (χ0v) is 17.4. The van der Waals surface area contributed by atoms with Gasteiger partial charge in [0.1, 0.15) is 5.82 Å². The lowest BCUT2D eigenvalue weighted by Crippen LogP contribution is -2.11. The number of hydrogen-bond acceptors (Lipinski definition) is 6. The van der Waals surface area contributed by atoms with Crippen molar-refractivity contribution >= 4 is 23.5 Å². The number of esters is 1. The summed E-state index contributed by atoms with van der Waals surface area (Å²) in [7, 11) is 1.39. The first-order valence-electron chi connectivity index (χ1n) is 9.84. The van der Waals surface area contributed by atoms with Gasteiger partial charge in [-0.25, -0.2) is 0 Å². The Hall–Kier alpha value is -2.09. The Morgan fingerprint density at radius 2 is 1.96 bits per heavy atom. The van der Waals surface area contributed by atoms with Crippen molar-refractivity contribution in [2.45, 2.75) is 69.6 Å². The molecule has 4 rings (SSSR count). The number of aryl methyl sites for hydroxylation is 1. The first kappa shape index (κ1) is 19.2. The van der Waals surface area contributed by atoms with E-state index in [1.165, 1.54) is 44.6 Å². The van der Waals surface area contributed by atoms with Gasteiger partial charge < -0.3 is 13.9 Å². The van der Waals surface area contributed by atoms with E-state index in [9.17, 15) is 9.59 Å². The van der Waals surface area contributed by atoms with Crippen LogP contribution < -0.4 is 0 Å². The number of ether oxygens (including phenoxy) is 1. The smallest absolute Gasteiger partial charge is 0.307 e. The number of carbonyl (C=O) groups excluding carboxylic acids is 2. The van der Waals surface area contributed by atoms with Crippen LogP contribution in [0.1, 0.15) is 71.6 Å². The van der Waals surface area contributed by atoms with Gasteiger partial charge in [-0.05, 0) is 45.6 Å². The second-order valence-electron chi connectivity index (χ2n) is 7.69. The van der Waals surface area contributed by atoms with Gasteiger partial charge in [0, 0.05) is 35.5 Å². The van der Waals surface area contributed by atoms with Crippen LogP contribution in [0.5, 0.6) is 0 Å². The third-order valence-electron chi connectivity index (χ3n) is 5.52. The standard InChI is InChI=1S/C20H26N4O3S/c1-12-10-16(13(2)23(12)9-8-18(26)27-3)17(25)11-28-20-22-21-19(14-4-5-14)24(20)15-6-7-15/h10,14-15H,4-9,11H2,1-3H3. The maximum Gasteiger partial charge on any atom is 0.307 e. The molecule has 7 nitrogen and oxygen atoms in total. The van der Waals surface area contributed by atoms with E-state index < -0.39 is 0 Å². The Labute approximate surface area is 168 Å². The van der Waals surface area contributed by atoms with Crippen molar-refractivity contribution in [2.24, 2.45) is 0 Å². The first-order valence-corrected chi connectivity index (χ1v) is 10.8. The number of methoxy groups -OCH3 is 1. The van der Waals surface area contributed by atoms with Crippen molar-refractivity contribution in [3.63, 3.8) is 0 Å². The fourth-order valence-electron chi connectivity index (χ4n) is 3.62. The van der Waals surface area contributed by atoms with Crippen LogP contribution >= 0.6 is 11.8 Å². The van der Waals surface area contributed by atoms with Gasteiger partial charge in [-0.3, -0.25) is 9.59 Å². The summed E-state index contributed by atoms with van der Waals surface area (Å²) in [5.41, 5.74) is 2.59. The largest absolute Gasteiger partial charge is 0.469 e. The van der Waals surface area contributed by atoms with E-state index in [0.29, 0.717) is 30.7 Å². The molecular weight excluding hydrogens is 376 g/mol. The predicted molar refractivity (Wildman–Crippen MR) is 106 cm³/mol. The highest BCUT2D eigenvalue weighted by Crippen LogP contribution is 2.46. The molecule has 2 heterocycles. The SMILES string of the molecule is COC(=O)CCn1c(C)cc(C(=O)CSc2nnc(C3CC3)n2C2CC2)c1C. The summed E-state index contributed by atoms with van der Waals surface area (Å²) in [5, 5.41) is 9.65. The maximum atomic E-state index is 12.9. The Morgan fingerprint density at radius 3 is 2.61 bits per heavy atom. The van der Waals surface area contributed by atoms with E-state index in [-0.39, 0.29) is 11.8 Å². The summed E-state index contributed by atoms with van der Waals surface area (Å²) in [6.45, 7) is 4.41. The van der Waals surface area contributed by atoms with E-state index >= 15 is 0 Å². The van der Waals surface area contributed by atoms with Crippen molar-refractivity contribution in [2.75, 3.05) is 12.9 Å².